The second-order valence-electron chi connectivity index (χ2n) is 0.799. The van der Waals surface area contributed by atoms with Crippen molar-refractivity contribution in [2.75, 3.05) is 0 Å². The first-order chi connectivity index (χ1) is 4.37. The monoisotopic (exact) mass is 283 g/mol. The first-order valence-corrected chi connectivity index (χ1v) is 4.31. The molecule has 0 aliphatic carbocycles. The number of aliphatic carboxylic acids is 2. The van der Waals surface area contributed by atoms with Gasteiger partial charge in [-0.15, -0.1) is 0 Å². The predicted molar refractivity (Wildman–Crippen MR) is 29.3 cm³/mol. The van der Waals surface area contributed by atoms with Gasteiger partial charge in [-0.2, -0.15) is 0 Å². The molecule has 0 unspecified atom stereocenters. The van der Waals surface area contributed by atoms with Crippen molar-refractivity contribution in [3.05, 3.63) is 0 Å². The zero-order valence-electron chi connectivity index (χ0n) is 7.30. The SMILES string of the molecule is O=C([O-])C(=O)[O-].[NH4+].[NH4+].[NH4+].[O]=[Nb](=[O])[O-]. The second kappa shape index (κ2) is 17.3. The van der Waals surface area contributed by atoms with Gasteiger partial charge >= 0.3 is 28.9 Å². The molecule has 11 heteroatoms. The molecule has 0 heterocycles. The summed E-state index contributed by atoms with van der Waals surface area (Å²) in [5, 5.41) is 17.9. The maximum atomic E-state index is 8.93. The summed E-state index contributed by atoms with van der Waals surface area (Å²) in [5.41, 5.74) is 0. The molecule has 10 nitrogen and oxygen atoms in total. The number of carboxylic acids is 2. The molecule has 0 aromatic carbocycles. The Morgan fingerprint density at radius 2 is 0.923 bits per heavy atom. The van der Waals surface area contributed by atoms with Gasteiger partial charge in [0.25, 0.3) is 0 Å². The molecule has 0 saturated carbocycles. The Morgan fingerprint density at radius 1 is 0.846 bits per heavy atom. The van der Waals surface area contributed by atoms with E-state index in [-0.39, 0.29) is 18.5 Å². The Balaban J connectivity index is -0.0000000279. The fraction of sp³-hybridized carbons (Fsp3) is 0. The number of carbonyl (C=O) groups excluding carboxylic acids is 2. The number of carbonyl (C=O) groups is 2. The third-order valence-electron chi connectivity index (χ3n) is 0.167. The van der Waals surface area contributed by atoms with Crippen molar-refractivity contribution in [2.45, 2.75) is 0 Å². The van der Waals surface area contributed by atoms with Crippen LogP contribution in [0.4, 0.5) is 0 Å². The van der Waals surface area contributed by atoms with Crippen LogP contribution >= 0.6 is 0 Å². The van der Waals surface area contributed by atoms with Crippen LogP contribution in [0.5, 0.6) is 0 Å². The number of hydrogen-bond acceptors (Lipinski definition) is 7. The van der Waals surface area contributed by atoms with Crippen LogP contribution in [0.15, 0.2) is 0 Å². The van der Waals surface area contributed by atoms with E-state index in [1.807, 2.05) is 0 Å². The van der Waals surface area contributed by atoms with Gasteiger partial charge in [0.05, 0.1) is 11.9 Å². The molecule has 0 saturated heterocycles. The van der Waals surface area contributed by atoms with Crippen molar-refractivity contribution in [1.29, 1.82) is 0 Å². The second-order valence-corrected chi connectivity index (χ2v) is 1.90. The Bertz CT molecular complexity index is 180. The third-order valence-corrected chi connectivity index (χ3v) is 0.167. The fourth-order valence-electron chi connectivity index (χ4n) is 0. The zero-order chi connectivity index (χ0) is 8.73. The van der Waals surface area contributed by atoms with Crippen LogP contribution in [-0.2, 0) is 34.9 Å². The molecule has 0 fully saturated rings. The van der Waals surface area contributed by atoms with E-state index in [0.717, 1.165) is 0 Å². The van der Waals surface area contributed by atoms with Gasteiger partial charge in [-0.25, -0.2) is 0 Å². The van der Waals surface area contributed by atoms with Crippen LogP contribution in [-0.4, -0.2) is 11.9 Å². The van der Waals surface area contributed by atoms with E-state index >= 15 is 0 Å². The quantitative estimate of drug-likeness (QED) is 0.294. The molecular formula is C2H12N3NbO7. The van der Waals surface area contributed by atoms with Crippen LogP contribution in [0.1, 0.15) is 0 Å². The zero-order valence-corrected chi connectivity index (χ0v) is 9.50. The van der Waals surface area contributed by atoms with Crippen LogP contribution < -0.4 is 32.3 Å². The van der Waals surface area contributed by atoms with E-state index in [9.17, 15) is 0 Å². The van der Waals surface area contributed by atoms with E-state index in [2.05, 4.69) is 0 Å². The van der Waals surface area contributed by atoms with Crippen molar-refractivity contribution >= 4 is 11.9 Å². The molecular weight excluding hydrogens is 271 g/mol. The summed E-state index contributed by atoms with van der Waals surface area (Å²) < 4.78 is 25.8. The molecule has 0 rings (SSSR count). The molecule has 12 N–H and O–H groups in total. The molecule has 0 aliphatic rings. The maximum absolute atomic E-state index is 8.93. The number of rotatable bonds is 0. The van der Waals surface area contributed by atoms with Gasteiger partial charge in [-0.1, -0.05) is 0 Å². The minimum atomic E-state index is -4.20. The predicted octanol–water partition coefficient (Wildman–Crippen LogP) is -3.81. The van der Waals surface area contributed by atoms with Crippen LogP contribution in [0.2, 0.25) is 0 Å². The summed E-state index contributed by atoms with van der Waals surface area (Å²) in [7, 11) is 0. The summed E-state index contributed by atoms with van der Waals surface area (Å²) in [5.74, 6) is -4.37. The van der Waals surface area contributed by atoms with E-state index in [1.54, 1.807) is 0 Å². The Kier molecular flexibility index (Phi) is 39.3. The standard InChI is InChI=1S/C2H2O4.3H3N.Nb.3O/c3-1(4)2(5)6;;;;;;;/h(H,3,4)(H,5,6);3*1H3;;;;/q;;;;;;;-1/p+1. The van der Waals surface area contributed by atoms with Crippen molar-refractivity contribution in [2.24, 2.45) is 0 Å². The van der Waals surface area contributed by atoms with Crippen LogP contribution in [0.25, 0.3) is 0 Å². The Morgan fingerprint density at radius 3 is 0.923 bits per heavy atom. The van der Waals surface area contributed by atoms with Crippen molar-refractivity contribution in [3.8, 4) is 0 Å². The number of hydrogen-bond donors (Lipinski definition) is 3. The first-order valence-electron chi connectivity index (χ1n) is 1.61. The Hall–Kier alpha value is -0.880. The molecule has 0 radical (unpaired) electrons. The molecule has 13 heavy (non-hydrogen) atoms. The molecule has 0 spiro atoms. The summed E-state index contributed by atoms with van der Waals surface area (Å²) in [4.78, 5) is 17.9. The average Bonchev–Trinajstić information content (AvgIpc) is 1.63. The topological polar surface area (TPSA) is 247 Å². The molecule has 0 aromatic heterocycles. The number of carboxylic acid groups (broad SMARTS) is 2. The van der Waals surface area contributed by atoms with Gasteiger partial charge in [0.15, 0.2) is 0 Å². The molecule has 82 valence electrons. The van der Waals surface area contributed by atoms with E-state index < -0.39 is 30.7 Å². The van der Waals surface area contributed by atoms with Gasteiger partial charge in [0.1, 0.15) is 0 Å². The van der Waals surface area contributed by atoms with Crippen LogP contribution in [0.3, 0.4) is 0 Å². The third kappa shape index (κ3) is 95.0. The van der Waals surface area contributed by atoms with Crippen molar-refractivity contribution < 1.29 is 48.7 Å². The van der Waals surface area contributed by atoms with Gasteiger partial charge in [0.2, 0.25) is 0 Å². The normalized spacial score (nSPS) is 5.31. The van der Waals surface area contributed by atoms with Crippen molar-refractivity contribution in [3.63, 3.8) is 0 Å². The molecule has 0 atom stereocenters. The van der Waals surface area contributed by atoms with E-state index in [1.165, 1.54) is 0 Å². The van der Waals surface area contributed by atoms with Crippen molar-refractivity contribution in [1.82, 2.24) is 18.5 Å². The summed E-state index contributed by atoms with van der Waals surface area (Å²) in [6.07, 6.45) is 0. The summed E-state index contributed by atoms with van der Waals surface area (Å²) >= 11 is -4.20. The summed E-state index contributed by atoms with van der Waals surface area (Å²) in [6, 6.07) is 0. The van der Waals surface area contributed by atoms with Gasteiger partial charge in [-0.3, -0.25) is 0 Å². The molecule has 0 bridgehead atoms. The molecule has 0 aliphatic heterocycles. The summed E-state index contributed by atoms with van der Waals surface area (Å²) in [6.45, 7) is 0. The fourth-order valence-corrected chi connectivity index (χ4v) is 0. The van der Waals surface area contributed by atoms with E-state index in [4.69, 9.17) is 29.9 Å². The first kappa shape index (κ1) is 29.6. The number of quaternary nitrogens is 3. The van der Waals surface area contributed by atoms with E-state index in [0.29, 0.717) is 0 Å². The minimum absolute atomic E-state index is 0. The van der Waals surface area contributed by atoms with Gasteiger partial charge < -0.3 is 38.3 Å². The Labute approximate surface area is 79.6 Å². The average molecular weight is 283 g/mol. The molecule has 0 aromatic rings. The van der Waals surface area contributed by atoms with Crippen LogP contribution in [0, 0.1) is 0 Å². The van der Waals surface area contributed by atoms with Gasteiger partial charge in [0, 0.05) is 0 Å². The van der Waals surface area contributed by atoms with Gasteiger partial charge in [-0.05, 0) is 0 Å². The molecule has 0 amide bonds.